The van der Waals surface area contributed by atoms with Crippen LogP contribution in [0.1, 0.15) is 29.8 Å². The highest BCUT2D eigenvalue weighted by Crippen LogP contribution is 2.25. The second-order valence-corrected chi connectivity index (χ2v) is 6.30. The van der Waals surface area contributed by atoms with Crippen molar-refractivity contribution in [3.63, 3.8) is 0 Å². The van der Waals surface area contributed by atoms with Crippen LogP contribution in [-0.2, 0) is 0 Å². The first-order chi connectivity index (χ1) is 11.7. The molecule has 0 saturated carbocycles. The molecule has 0 radical (unpaired) electrons. The summed E-state index contributed by atoms with van der Waals surface area (Å²) in [6.45, 7) is 2.58. The summed E-state index contributed by atoms with van der Waals surface area (Å²) in [6.07, 6.45) is 3.24. The Balaban J connectivity index is 1.61. The van der Waals surface area contributed by atoms with Gasteiger partial charge in [0.25, 0.3) is 5.91 Å². The molecule has 1 saturated heterocycles. The van der Waals surface area contributed by atoms with Crippen molar-refractivity contribution < 1.29 is 13.6 Å². The van der Waals surface area contributed by atoms with E-state index in [1.807, 2.05) is 11.9 Å². The Morgan fingerprint density at radius 1 is 1.21 bits per heavy atom. The maximum Gasteiger partial charge on any atom is 0.289 e. The zero-order valence-corrected chi connectivity index (χ0v) is 13.9. The fourth-order valence-electron chi connectivity index (χ4n) is 3.15. The van der Waals surface area contributed by atoms with Crippen molar-refractivity contribution in [2.45, 2.75) is 19.3 Å². The molecule has 0 atom stereocenters. The molecule has 3 rings (SSSR count). The topological polar surface area (TPSA) is 45.5 Å². The van der Waals surface area contributed by atoms with Crippen LogP contribution in [0.25, 0.3) is 11.3 Å². The lowest BCUT2D eigenvalue weighted by Crippen LogP contribution is -2.38. The van der Waals surface area contributed by atoms with Crippen LogP contribution < -0.4 is 5.32 Å². The molecule has 0 spiro atoms. The second-order valence-electron chi connectivity index (χ2n) is 6.30. The summed E-state index contributed by atoms with van der Waals surface area (Å²) >= 11 is 0. The third-order valence-corrected chi connectivity index (χ3v) is 4.65. The minimum absolute atomic E-state index is 0.0598. The second kappa shape index (κ2) is 7.62. The molecule has 1 aliphatic heterocycles. The van der Waals surface area contributed by atoms with Crippen molar-refractivity contribution in [3.8, 4) is 11.3 Å². The Bertz CT molecular complexity index is 673. The van der Waals surface area contributed by atoms with Crippen LogP contribution >= 0.6 is 0 Å². The Morgan fingerprint density at radius 2 is 1.92 bits per heavy atom. The van der Waals surface area contributed by atoms with Crippen LogP contribution in [0.15, 0.2) is 40.8 Å². The molecule has 2 aromatic rings. The van der Waals surface area contributed by atoms with Crippen LogP contribution in [0.4, 0.5) is 4.39 Å². The number of likely N-dealkylation sites (tertiary alicyclic amines) is 1. The molecule has 4 nitrogen and oxygen atoms in total. The zero-order chi connectivity index (χ0) is 16.9. The molecule has 24 heavy (non-hydrogen) atoms. The number of hydrogen-bond donors (Lipinski definition) is 1. The first-order valence-electron chi connectivity index (χ1n) is 8.47. The van der Waals surface area contributed by atoms with Gasteiger partial charge >= 0.3 is 0 Å². The van der Waals surface area contributed by atoms with Gasteiger partial charge in [0.05, 0.1) is 0 Å². The smallest absolute Gasteiger partial charge is 0.289 e. The lowest BCUT2D eigenvalue weighted by atomic mass is 9.93. The van der Waals surface area contributed by atoms with Gasteiger partial charge in [-0.25, -0.2) is 4.39 Å². The van der Waals surface area contributed by atoms with Gasteiger partial charge in [0.1, 0.15) is 11.6 Å². The van der Waals surface area contributed by atoms with E-state index in [-0.39, 0.29) is 11.7 Å². The SMILES string of the molecule is CNCCC1CCN(C(=O)c2ccc(-c3ccc(F)cc3)o2)CC1. The van der Waals surface area contributed by atoms with E-state index in [0.29, 0.717) is 17.4 Å². The molecule has 5 heteroatoms. The highest BCUT2D eigenvalue weighted by Gasteiger charge is 2.25. The quantitative estimate of drug-likeness (QED) is 0.912. The van der Waals surface area contributed by atoms with Crippen molar-refractivity contribution in [1.82, 2.24) is 10.2 Å². The predicted molar refractivity (Wildman–Crippen MR) is 91.3 cm³/mol. The van der Waals surface area contributed by atoms with Crippen LogP contribution in [0.5, 0.6) is 0 Å². The molecule has 1 N–H and O–H groups in total. The average Bonchev–Trinajstić information content (AvgIpc) is 3.10. The maximum atomic E-state index is 13.0. The Hall–Kier alpha value is -2.14. The van der Waals surface area contributed by atoms with Crippen molar-refractivity contribution in [3.05, 3.63) is 48.0 Å². The van der Waals surface area contributed by atoms with Crippen LogP contribution in [-0.4, -0.2) is 37.5 Å². The summed E-state index contributed by atoms with van der Waals surface area (Å²) in [5.41, 5.74) is 0.765. The minimum atomic E-state index is -0.289. The molecule has 0 aliphatic carbocycles. The number of hydrogen-bond acceptors (Lipinski definition) is 3. The van der Waals surface area contributed by atoms with E-state index in [2.05, 4.69) is 5.32 Å². The van der Waals surface area contributed by atoms with E-state index < -0.39 is 0 Å². The Morgan fingerprint density at radius 3 is 2.58 bits per heavy atom. The lowest BCUT2D eigenvalue weighted by Gasteiger charge is -2.31. The molecule has 2 heterocycles. The normalized spacial score (nSPS) is 15.7. The summed E-state index contributed by atoms with van der Waals surface area (Å²) in [6, 6.07) is 9.53. The highest BCUT2D eigenvalue weighted by molar-refractivity contribution is 5.92. The van der Waals surface area contributed by atoms with E-state index in [1.165, 1.54) is 12.1 Å². The van der Waals surface area contributed by atoms with Gasteiger partial charge in [0.2, 0.25) is 0 Å². The van der Waals surface area contributed by atoms with E-state index in [9.17, 15) is 9.18 Å². The Kier molecular flexibility index (Phi) is 5.30. The third kappa shape index (κ3) is 3.85. The molecule has 128 valence electrons. The van der Waals surface area contributed by atoms with Crippen molar-refractivity contribution in [1.29, 1.82) is 0 Å². The summed E-state index contributed by atoms with van der Waals surface area (Å²) < 4.78 is 18.7. The van der Waals surface area contributed by atoms with Crippen molar-refractivity contribution in [2.75, 3.05) is 26.7 Å². The van der Waals surface area contributed by atoms with Gasteiger partial charge in [-0.05, 0) is 75.2 Å². The molecule has 1 amide bonds. The zero-order valence-electron chi connectivity index (χ0n) is 13.9. The first-order valence-corrected chi connectivity index (χ1v) is 8.47. The van der Waals surface area contributed by atoms with Crippen molar-refractivity contribution in [2.24, 2.45) is 5.92 Å². The molecule has 0 bridgehead atoms. The number of nitrogens with one attached hydrogen (secondary N) is 1. The molecule has 0 unspecified atom stereocenters. The number of carbonyl (C=O) groups excluding carboxylic acids is 1. The van der Waals surface area contributed by atoms with Crippen LogP contribution in [0.3, 0.4) is 0 Å². The molecular weight excluding hydrogens is 307 g/mol. The number of halogens is 1. The maximum absolute atomic E-state index is 13.0. The van der Waals surface area contributed by atoms with E-state index >= 15 is 0 Å². The van der Waals surface area contributed by atoms with Crippen LogP contribution in [0.2, 0.25) is 0 Å². The Labute approximate surface area is 141 Å². The number of amides is 1. The van der Waals surface area contributed by atoms with Gasteiger partial charge in [-0.2, -0.15) is 0 Å². The molecule has 1 aliphatic rings. The predicted octanol–water partition coefficient (Wildman–Crippen LogP) is 3.55. The number of carbonyl (C=O) groups is 1. The average molecular weight is 330 g/mol. The number of benzene rings is 1. The third-order valence-electron chi connectivity index (χ3n) is 4.65. The number of rotatable bonds is 5. The fraction of sp³-hybridized carbons (Fsp3) is 0.421. The number of nitrogens with zero attached hydrogens (tertiary/aromatic N) is 1. The van der Waals surface area contributed by atoms with Gasteiger partial charge in [-0.3, -0.25) is 4.79 Å². The number of piperidine rings is 1. The van der Waals surface area contributed by atoms with E-state index in [4.69, 9.17) is 4.42 Å². The summed E-state index contributed by atoms with van der Waals surface area (Å²) in [5.74, 6) is 1.27. The molecule has 1 fully saturated rings. The summed E-state index contributed by atoms with van der Waals surface area (Å²) in [5, 5.41) is 3.18. The lowest BCUT2D eigenvalue weighted by molar-refractivity contribution is 0.0656. The summed E-state index contributed by atoms with van der Waals surface area (Å²) in [7, 11) is 1.97. The summed E-state index contributed by atoms with van der Waals surface area (Å²) in [4.78, 5) is 14.4. The fourth-order valence-corrected chi connectivity index (χ4v) is 3.15. The first kappa shape index (κ1) is 16.7. The number of furan rings is 1. The van der Waals surface area contributed by atoms with Crippen LogP contribution in [0, 0.1) is 11.7 Å². The van der Waals surface area contributed by atoms with Gasteiger partial charge in [0.15, 0.2) is 5.76 Å². The van der Waals surface area contributed by atoms with Gasteiger partial charge in [-0.15, -0.1) is 0 Å². The van der Waals surface area contributed by atoms with Gasteiger partial charge in [-0.1, -0.05) is 0 Å². The minimum Gasteiger partial charge on any atom is -0.451 e. The van der Waals surface area contributed by atoms with Gasteiger partial charge in [0, 0.05) is 18.7 Å². The standard InChI is InChI=1S/C19H23FN2O2/c1-21-11-8-14-9-12-22(13-10-14)19(23)18-7-6-17(24-18)15-2-4-16(20)5-3-15/h2-7,14,21H,8-13H2,1H3. The van der Waals surface area contributed by atoms with Crippen molar-refractivity contribution >= 4 is 5.91 Å². The van der Waals surface area contributed by atoms with Gasteiger partial charge < -0.3 is 14.6 Å². The monoisotopic (exact) mass is 330 g/mol. The molecule has 1 aromatic carbocycles. The highest BCUT2D eigenvalue weighted by atomic mass is 19.1. The molecular formula is C19H23FN2O2. The largest absolute Gasteiger partial charge is 0.451 e. The molecule has 1 aromatic heterocycles. The van der Waals surface area contributed by atoms with E-state index in [1.54, 1.807) is 24.3 Å². The van der Waals surface area contributed by atoms with E-state index in [0.717, 1.165) is 44.5 Å².